The number of allylic oxidation sites excluding steroid dienone is 1. The SMILES string of the molecule is Cc1cn2ccc(-c3nc(C#N)ccc3C(C=NCC3(CC(C)C)CC3)=CN)cc2n1. The molecule has 1 aliphatic rings. The molecular formula is C25H28N6. The molecular weight excluding hydrogens is 384 g/mol. The standard InChI is InChI=1S/C25H28N6/c1-17(2)11-25(7-8-25)16-28-14-20(12-26)22-5-4-21(13-27)30-24(22)19-6-9-31-15-18(3)29-23(31)10-19/h4-6,9-10,12,14-15,17H,7-8,11,16,26H2,1-3H3. The number of nitriles is 1. The monoisotopic (exact) mass is 412 g/mol. The fraction of sp³-hybridized carbons (Fsp3) is 0.360. The van der Waals surface area contributed by atoms with Gasteiger partial charge in [-0.05, 0) is 61.8 Å². The third-order valence-electron chi connectivity index (χ3n) is 5.81. The Kier molecular flexibility index (Phi) is 5.60. The maximum atomic E-state index is 9.39. The van der Waals surface area contributed by atoms with Crippen molar-refractivity contribution in [3.8, 4) is 17.3 Å². The molecule has 0 spiro atoms. The number of aryl methyl sites for hydroxylation is 1. The molecule has 3 aromatic heterocycles. The lowest BCUT2D eigenvalue weighted by molar-refractivity contribution is 0.399. The van der Waals surface area contributed by atoms with Gasteiger partial charge in [-0.3, -0.25) is 4.99 Å². The highest BCUT2D eigenvalue weighted by molar-refractivity contribution is 6.11. The predicted octanol–water partition coefficient (Wildman–Crippen LogP) is 4.77. The van der Waals surface area contributed by atoms with Gasteiger partial charge in [0.15, 0.2) is 0 Å². The van der Waals surface area contributed by atoms with E-state index in [9.17, 15) is 5.26 Å². The molecule has 2 N–H and O–H groups in total. The summed E-state index contributed by atoms with van der Waals surface area (Å²) in [6.45, 7) is 7.31. The number of imidazole rings is 1. The largest absolute Gasteiger partial charge is 0.404 e. The van der Waals surface area contributed by atoms with Crippen LogP contribution in [0.15, 0.2) is 47.9 Å². The first kappa shape index (κ1) is 20.8. The highest BCUT2D eigenvalue weighted by Gasteiger charge is 2.42. The van der Waals surface area contributed by atoms with E-state index < -0.39 is 0 Å². The molecule has 3 heterocycles. The van der Waals surface area contributed by atoms with Gasteiger partial charge in [0, 0.05) is 48.1 Å². The van der Waals surface area contributed by atoms with Gasteiger partial charge in [0.1, 0.15) is 17.4 Å². The van der Waals surface area contributed by atoms with Crippen LogP contribution in [0.1, 0.15) is 50.1 Å². The van der Waals surface area contributed by atoms with Crippen molar-refractivity contribution < 1.29 is 0 Å². The molecule has 0 bridgehead atoms. The normalized spacial score (nSPS) is 15.6. The first-order chi connectivity index (χ1) is 14.9. The number of fused-ring (bicyclic) bond motifs is 1. The van der Waals surface area contributed by atoms with Crippen molar-refractivity contribution in [3.05, 3.63) is 59.8 Å². The van der Waals surface area contributed by atoms with E-state index in [1.165, 1.54) is 19.3 Å². The smallest absolute Gasteiger partial charge is 0.141 e. The Hall–Kier alpha value is -3.46. The van der Waals surface area contributed by atoms with Crippen molar-refractivity contribution >= 4 is 17.4 Å². The van der Waals surface area contributed by atoms with E-state index in [2.05, 4.69) is 29.9 Å². The van der Waals surface area contributed by atoms with E-state index in [-0.39, 0.29) is 0 Å². The van der Waals surface area contributed by atoms with E-state index in [1.54, 1.807) is 12.3 Å². The number of hydrogen-bond donors (Lipinski definition) is 1. The van der Waals surface area contributed by atoms with Crippen LogP contribution in [0.3, 0.4) is 0 Å². The van der Waals surface area contributed by atoms with Crippen molar-refractivity contribution in [3.63, 3.8) is 0 Å². The summed E-state index contributed by atoms with van der Waals surface area (Å²) in [5, 5.41) is 9.39. The summed E-state index contributed by atoms with van der Waals surface area (Å²) < 4.78 is 1.97. The van der Waals surface area contributed by atoms with Crippen LogP contribution in [-0.4, -0.2) is 27.1 Å². The molecule has 0 aliphatic heterocycles. The quantitative estimate of drug-likeness (QED) is 0.566. The summed E-state index contributed by atoms with van der Waals surface area (Å²) >= 11 is 0. The molecule has 0 aromatic carbocycles. The molecule has 158 valence electrons. The summed E-state index contributed by atoms with van der Waals surface area (Å²) in [5.74, 6) is 0.678. The lowest BCUT2D eigenvalue weighted by Gasteiger charge is -2.15. The zero-order valence-corrected chi connectivity index (χ0v) is 18.3. The lowest BCUT2D eigenvalue weighted by atomic mass is 9.94. The number of aromatic nitrogens is 3. The number of hydrogen-bond acceptors (Lipinski definition) is 5. The Morgan fingerprint density at radius 2 is 2.13 bits per heavy atom. The summed E-state index contributed by atoms with van der Waals surface area (Å²) in [7, 11) is 0. The first-order valence-electron chi connectivity index (χ1n) is 10.7. The average Bonchev–Trinajstić information content (AvgIpc) is 3.39. The lowest BCUT2D eigenvalue weighted by Crippen LogP contribution is -2.09. The molecule has 6 heteroatoms. The molecule has 1 fully saturated rings. The average molecular weight is 413 g/mol. The molecule has 0 amide bonds. The second-order valence-electron chi connectivity index (χ2n) is 8.96. The Bertz CT molecular complexity index is 1200. The van der Waals surface area contributed by atoms with Gasteiger partial charge in [0.25, 0.3) is 0 Å². The molecule has 3 aromatic rings. The van der Waals surface area contributed by atoms with Gasteiger partial charge in [0.2, 0.25) is 0 Å². The number of nitrogens with two attached hydrogens (primary N) is 1. The van der Waals surface area contributed by atoms with Crippen LogP contribution in [0.5, 0.6) is 0 Å². The molecule has 31 heavy (non-hydrogen) atoms. The minimum absolute atomic E-state index is 0.361. The predicted molar refractivity (Wildman–Crippen MR) is 125 cm³/mol. The number of aliphatic imine (C=N–C) groups is 1. The van der Waals surface area contributed by atoms with Crippen molar-refractivity contribution in [1.29, 1.82) is 5.26 Å². The molecule has 0 atom stereocenters. The minimum Gasteiger partial charge on any atom is -0.404 e. The zero-order valence-electron chi connectivity index (χ0n) is 18.3. The van der Waals surface area contributed by atoms with Crippen molar-refractivity contribution in [2.45, 2.75) is 40.0 Å². The fourth-order valence-electron chi connectivity index (χ4n) is 4.24. The van der Waals surface area contributed by atoms with Crippen LogP contribution in [0.4, 0.5) is 0 Å². The van der Waals surface area contributed by atoms with Crippen molar-refractivity contribution in [2.75, 3.05) is 6.54 Å². The summed E-state index contributed by atoms with van der Waals surface area (Å²) in [4.78, 5) is 13.9. The highest BCUT2D eigenvalue weighted by Crippen LogP contribution is 2.50. The Balaban J connectivity index is 1.68. The van der Waals surface area contributed by atoms with Gasteiger partial charge < -0.3 is 10.1 Å². The van der Waals surface area contributed by atoms with E-state index in [0.717, 1.165) is 34.6 Å². The van der Waals surface area contributed by atoms with E-state index in [1.807, 2.05) is 48.1 Å². The summed E-state index contributed by atoms with van der Waals surface area (Å²) in [6, 6.07) is 9.71. The number of pyridine rings is 2. The zero-order chi connectivity index (χ0) is 22.0. The molecule has 4 rings (SSSR count). The number of nitrogens with zero attached hydrogens (tertiary/aromatic N) is 5. The maximum absolute atomic E-state index is 9.39. The molecule has 1 saturated carbocycles. The first-order valence-corrected chi connectivity index (χ1v) is 10.7. The van der Waals surface area contributed by atoms with Gasteiger partial charge in [-0.1, -0.05) is 13.8 Å². The Morgan fingerprint density at radius 3 is 2.81 bits per heavy atom. The molecule has 0 unspecified atom stereocenters. The van der Waals surface area contributed by atoms with Gasteiger partial charge in [-0.2, -0.15) is 5.26 Å². The van der Waals surface area contributed by atoms with Gasteiger partial charge in [-0.25, -0.2) is 9.97 Å². The molecule has 1 aliphatic carbocycles. The second-order valence-corrected chi connectivity index (χ2v) is 8.96. The van der Waals surface area contributed by atoms with Crippen molar-refractivity contribution in [2.24, 2.45) is 22.1 Å². The Labute approximate surface area is 183 Å². The maximum Gasteiger partial charge on any atom is 0.141 e. The van der Waals surface area contributed by atoms with Gasteiger partial charge in [0.05, 0.1) is 11.4 Å². The molecule has 6 nitrogen and oxygen atoms in total. The van der Waals surface area contributed by atoms with E-state index in [4.69, 9.17) is 10.7 Å². The van der Waals surface area contributed by atoms with Crippen LogP contribution in [-0.2, 0) is 0 Å². The minimum atomic E-state index is 0.361. The Morgan fingerprint density at radius 1 is 1.32 bits per heavy atom. The summed E-state index contributed by atoms with van der Waals surface area (Å²) in [5.41, 5.74) is 11.7. The van der Waals surface area contributed by atoms with Gasteiger partial charge >= 0.3 is 0 Å². The summed E-state index contributed by atoms with van der Waals surface area (Å²) in [6.07, 6.45) is 11.1. The third kappa shape index (κ3) is 4.51. The highest BCUT2D eigenvalue weighted by atomic mass is 15.0. The van der Waals surface area contributed by atoms with Gasteiger partial charge in [-0.15, -0.1) is 0 Å². The van der Waals surface area contributed by atoms with Crippen LogP contribution >= 0.6 is 0 Å². The molecule has 0 radical (unpaired) electrons. The third-order valence-corrected chi connectivity index (χ3v) is 5.81. The molecule has 0 saturated heterocycles. The van der Waals surface area contributed by atoms with E-state index >= 15 is 0 Å². The topological polar surface area (TPSA) is 92.4 Å². The van der Waals surface area contributed by atoms with Crippen LogP contribution in [0.2, 0.25) is 0 Å². The fourth-order valence-corrected chi connectivity index (χ4v) is 4.24. The van der Waals surface area contributed by atoms with E-state index in [0.29, 0.717) is 22.7 Å². The van der Waals surface area contributed by atoms with Crippen LogP contribution < -0.4 is 5.73 Å². The van der Waals surface area contributed by atoms with Crippen LogP contribution in [0.25, 0.3) is 22.5 Å². The van der Waals surface area contributed by atoms with Crippen LogP contribution in [0, 0.1) is 29.6 Å². The number of rotatable bonds is 7. The van der Waals surface area contributed by atoms with Crippen molar-refractivity contribution in [1.82, 2.24) is 14.4 Å². The second kappa shape index (κ2) is 8.35.